The molecule has 0 aliphatic carbocycles. The van der Waals surface area contributed by atoms with Crippen molar-refractivity contribution < 1.29 is 22.5 Å². The Hall–Kier alpha value is -2.26. The van der Waals surface area contributed by atoms with Crippen LogP contribution in [0.4, 0.5) is 0 Å². The molecule has 0 amide bonds. The van der Waals surface area contributed by atoms with Crippen LogP contribution in [0.1, 0.15) is 51.0 Å². The second-order valence-corrected chi connectivity index (χ2v) is 9.73. The maximum atomic E-state index is 12.3. The first-order valence-electron chi connectivity index (χ1n) is 9.87. The molecule has 1 fully saturated rings. The summed E-state index contributed by atoms with van der Waals surface area (Å²) >= 11 is 0. The summed E-state index contributed by atoms with van der Waals surface area (Å²) in [6.07, 6.45) is 0.907. The summed E-state index contributed by atoms with van der Waals surface area (Å²) in [5, 5.41) is 3.95. The molecule has 2 heterocycles. The van der Waals surface area contributed by atoms with E-state index in [1.165, 1.54) is 9.87 Å². The molecular formula is C20H27N3O5S. The third-order valence-corrected chi connectivity index (χ3v) is 7.07. The number of carbonyl (C=O) groups excluding carboxylic acids is 1. The number of sulfonamides is 1. The van der Waals surface area contributed by atoms with E-state index in [4.69, 9.17) is 9.26 Å². The molecule has 0 saturated carbocycles. The number of hydrogen-bond acceptors (Lipinski definition) is 7. The van der Waals surface area contributed by atoms with Crippen LogP contribution in [-0.4, -0.2) is 47.7 Å². The lowest BCUT2D eigenvalue weighted by atomic mass is 9.98. The Labute approximate surface area is 171 Å². The molecular weight excluding hydrogens is 394 g/mol. The van der Waals surface area contributed by atoms with Gasteiger partial charge in [-0.3, -0.25) is 4.79 Å². The Kier molecular flexibility index (Phi) is 6.69. The van der Waals surface area contributed by atoms with Gasteiger partial charge in [0.15, 0.2) is 6.61 Å². The maximum absolute atomic E-state index is 12.3. The number of aromatic nitrogens is 2. The minimum atomic E-state index is -3.21. The third-order valence-electron chi connectivity index (χ3n) is 5.19. The third kappa shape index (κ3) is 5.22. The summed E-state index contributed by atoms with van der Waals surface area (Å²) in [6.45, 7) is 6.46. The van der Waals surface area contributed by atoms with E-state index in [1.807, 2.05) is 24.3 Å². The van der Waals surface area contributed by atoms with Gasteiger partial charge in [0, 0.05) is 18.7 Å². The molecule has 1 saturated heterocycles. The molecule has 3 rings (SSSR count). The molecule has 2 aromatic rings. The van der Waals surface area contributed by atoms with Crippen LogP contribution in [-0.2, 0) is 26.2 Å². The first-order chi connectivity index (χ1) is 13.8. The van der Waals surface area contributed by atoms with Crippen LogP contribution in [0.25, 0.3) is 11.4 Å². The Morgan fingerprint density at radius 1 is 1.24 bits per heavy atom. The zero-order valence-electron chi connectivity index (χ0n) is 17.0. The number of hydrogen-bond donors (Lipinski definition) is 0. The second kappa shape index (κ2) is 9.04. The van der Waals surface area contributed by atoms with Crippen molar-refractivity contribution in [2.45, 2.75) is 46.1 Å². The molecule has 0 unspecified atom stereocenters. The molecule has 0 atom stereocenters. The van der Waals surface area contributed by atoms with E-state index < -0.39 is 10.0 Å². The van der Waals surface area contributed by atoms with Crippen molar-refractivity contribution in [2.75, 3.05) is 18.8 Å². The van der Waals surface area contributed by atoms with Gasteiger partial charge in [0.05, 0.1) is 11.7 Å². The predicted molar refractivity (Wildman–Crippen MR) is 107 cm³/mol. The van der Waals surface area contributed by atoms with Gasteiger partial charge < -0.3 is 9.26 Å². The van der Waals surface area contributed by atoms with Crippen LogP contribution >= 0.6 is 0 Å². The van der Waals surface area contributed by atoms with Gasteiger partial charge in [0.2, 0.25) is 15.8 Å². The van der Waals surface area contributed by atoms with Gasteiger partial charge in [-0.05, 0) is 31.2 Å². The van der Waals surface area contributed by atoms with E-state index in [0.717, 1.165) is 5.56 Å². The highest BCUT2D eigenvalue weighted by molar-refractivity contribution is 7.89. The lowest BCUT2D eigenvalue weighted by Crippen LogP contribution is -2.41. The van der Waals surface area contributed by atoms with Gasteiger partial charge in [-0.2, -0.15) is 4.98 Å². The average Bonchev–Trinajstić information content (AvgIpc) is 3.21. The zero-order chi connectivity index (χ0) is 21.0. The summed E-state index contributed by atoms with van der Waals surface area (Å²) in [4.78, 5) is 16.6. The smallest absolute Gasteiger partial charge is 0.309 e. The van der Waals surface area contributed by atoms with Gasteiger partial charge in [-0.1, -0.05) is 43.3 Å². The van der Waals surface area contributed by atoms with Crippen LogP contribution in [0.2, 0.25) is 0 Å². The molecule has 0 radical (unpaired) electrons. The molecule has 9 heteroatoms. The zero-order valence-corrected chi connectivity index (χ0v) is 17.8. The fraction of sp³-hybridized carbons (Fsp3) is 0.550. The highest BCUT2D eigenvalue weighted by Gasteiger charge is 2.31. The number of benzene rings is 1. The van der Waals surface area contributed by atoms with Crippen LogP contribution in [0.5, 0.6) is 0 Å². The van der Waals surface area contributed by atoms with Crippen molar-refractivity contribution in [3.05, 3.63) is 35.7 Å². The van der Waals surface area contributed by atoms with Crippen LogP contribution in [0.15, 0.2) is 28.8 Å². The first kappa shape index (κ1) is 21.4. The summed E-state index contributed by atoms with van der Waals surface area (Å²) in [7, 11) is -3.21. The molecule has 1 aliphatic rings. The van der Waals surface area contributed by atoms with Gasteiger partial charge in [-0.25, -0.2) is 12.7 Å². The second-order valence-electron chi connectivity index (χ2n) is 7.47. The molecule has 8 nitrogen and oxygen atoms in total. The molecule has 0 spiro atoms. The lowest BCUT2D eigenvalue weighted by Gasteiger charge is -2.29. The molecule has 0 N–H and O–H groups in total. The Morgan fingerprint density at radius 3 is 2.48 bits per heavy atom. The number of nitrogens with zero attached hydrogens (tertiary/aromatic N) is 3. The molecule has 1 aromatic carbocycles. The van der Waals surface area contributed by atoms with Crippen LogP contribution < -0.4 is 0 Å². The minimum Gasteiger partial charge on any atom is -0.455 e. The monoisotopic (exact) mass is 421 g/mol. The molecule has 1 aliphatic heterocycles. The molecule has 158 valence electrons. The normalized spacial score (nSPS) is 16.3. The van der Waals surface area contributed by atoms with Crippen molar-refractivity contribution in [3.8, 4) is 11.4 Å². The van der Waals surface area contributed by atoms with Gasteiger partial charge in [0.1, 0.15) is 0 Å². The first-order valence-corrected chi connectivity index (χ1v) is 11.5. The average molecular weight is 422 g/mol. The quantitative estimate of drug-likeness (QED) is 0.633. The fourth-order valence-electron chi connectivity index (χ4n) is 3.25. The highest BCUT2D eigenvalue weighted by Crippen LogP contribution is 2.23. The maximum Gasteiger partial charge on any atom is 0.309 e. The number of ether oxygens (including phenoxy) is 1. The van der Waals surface area contributed by atoms with E-state index in [9.17, 15) is 13.2 Å². The van der Waals surface area contributed by atoms with Crippen LogP contribution in [0.3, 0.4) is 0 Å². The summed E-state index contributed by atoms with van der Waals surface area (Å²) in [6, 6.07) is 7.94. The Morgan fingerprint density at radius 2 is 1.90 bits per heavy atom. The summed E-state index contributed by atoms with van der Waals surface area (Å²) in [5.41, 5.74) is 2.06. The predicted octanol–water partition coefficient (Wildman–Crippen LogP) is 2.96. The highest BCUT2D eigenvalue weighted by atomic mass is 32.2. The molecule has 29 heavy (non-hydrogen) atoms. The SMILES string of the molecule is CCS(=O)(=O)N1CCC(C(=O)OCc2nc(-c3ccc(C(C)C)cc3)no2)CC1. The van der Waals surface area contributed by atoms with Crippen molar-refractivity contribution >= 4 is 16.0 Å². The number of esters is 1. The standard InChI is InChI=1S/C20H27N3O5S/c1-4-29(25,26)23-11-9-17(10-12-23)20(24)27-13-18-21-19(22-28-18)16-7-5-15(6-8-16)14(2)3/h5-8,14,17H,4,9-13H2,1-3H3. The fourth-order valence-corrected chi connectivity index (χ4v) is 4.38. The Bertz CT molecular complexity index is 929. The van der Waals surface area contributed by atoms with Gasteiger partial charge >= 0.3 is 5.97 Å². The van der Waals surface area contributed by atoms with Gasteiger partial charge in [0.25, 0.3) is 5.89 Å². The minimum absolute atomic E-state index is 0.0712. The van der Waals surface area contributed by atoms with E-state index in [0.29, 0.717) is 37.7 Å². The van der Waals surface area contributed by atoms with Crippen molar-refractivity contribution in [2.24, 2.45) is 5.92 Å². The molecule has 0 bridgehead atoms. The molecule has 1 aromatic heterocycles. The number of piperidine rings is 1. The summed E-state index contributed by atoms with van der Waals surface area (Å²) in [5.74, 6) is 0.515. The van der Waals surface area contributed by atoms with E-state index in [1.54, 1.807) is 6.92 Å². The van der Waals surface area contributed by atoms with Crippen molar-refractivity contribution in [1.29, 1.82) is 0 Å². The van der Waals surface area contributed by atoms with Crippen molar-refractivity contribution in [3.63, 3.8) is 0 Å². The number of rotatable bonds is 7. The summed E-state index contributed by atoms with van der Waals surface area (Å²) < 4.78 is 35.7. The van der Waals surface area contributed by atoms with E-state index in [-0.39, 0.29) is 30.1 Å². The number of carbonyl (C=O) groups is 1. The topological polar surface area (TPSA) is 103 Å². The van der Waals surface area contributed by atoms with Crippen molar-refractivity contribution in [1.82, 2.24) is 14.4 Å². The van der Waals surface area contributed by atoms with Gasteiger partial charge in [-0.15, -0.1) is 0 Å². The Balaban J connectivity index is 1.51. The lowest BCUT2D eigenvalue weighted by molar-refractivity contribution is -0.152. The largest absolute Gasteiger partial charge is 0.455 e. The van der Waals surface area contributed by atoms with E-state index in [2.05, 4.69) is 24.0 Å². The van der Waals surface area contributed by atoms with Crippen LogP contribution in [0, 0.1) is 5.92 Å². The van der Waals surface area contributed by atoms with E-state index >= 15 is 0 Å².